The Balaban J connectivity index is 1.50. The molecule has 1 saturated heterocycles. The summed E-state index contributed by atoms with van der Waals surface area (Å²) in [5, 5.41) is 0. The Bertz CT molecular complexity index is 588. The fourth-order valence-electron chi connectivity index (χ4n) is 4.19. The summed E-state index contributed by atoms with van der Waals surface area (Å²) in [5.41, 5.74) is 5.93. The van der Waals surface area contributed by atoms with E-state index in [0.717, 1.165) is 6.42 Å². The van der Waals surface area contributed by atoms with E-state index in [9.17, 15) is 9.59 Å². The molecular weight excluding hydrogens is 268 g/mol. The molecular formula is C16H18N2O3. The van der Waals surface area contributed by atoms with Gasteiger partial charge in [0.15, 0.2) is 0 Å². The monoisotopic (exact) mass is 286 g/mol. The molecule has 3 amide bonds. The average Bonchev–Trinajstić information content (AvgIpc) is 3.11. The van der Waals surface area contributed by atoms with Crippen LogP contribution in [0.2, 0.25) is 0 Å². The zero-order valence-corrected chi connectivity index (χ0v) is 11.6. The van der Waals surface area contributed by atoms with Gasteiger partial charge in [-0.2, -0.15) is 0 Å². The number of nitrogens with zero attached hydrogens (tertiary/aromatic N) is 1. The van der Waals surface area contributed by atoms with Gasteiger partial charge >= 0.3 is 6.03 Å². The first-order chi connectivity index (χ1) is 10.1. The van der Waals surface area contributed by atoms with Crippen molar-refractivity contribution >= 4 is 11.9 Å². The molecule has 5 heteroatoms. The Hall–Kier alpha value is -1.88. The molecule has 3 aliphatic rings. The molecule has 5 atom stereocenters. The third-order valence-corrected chi connectivity index (χ3v) is 5.18. The number of rotatable bonds is 3. The first-order valence-electron chi connectivity index (χ1n) is 7.47. The van der Waals surface area contributed by atoms with Gasteiger partial charge < -0.3 is 10.5 Å². The normalized spacial score (nSPS) is 35.3. The van der Waals surface area contributed by atoms with E-state index in [1.54, 1.807) is 24.3 Å². The molecule has 2 saturated carbocycles. The van der Waals surface area contributed by atoms with Gasteiger partial charge in [-0.1, -0.05) is 18.2 Å². The molecule has 0 aromatic heterocycles. The van der Waals surface area contributed by atoms with E-state index in [0.29, 0.717) is 42.1 Å². The maximum absolute atomic E-state index is 12.5. The SMILES string of the molecule is NC(=O)N(CC1CC2CC1C1OC21)C(=O)c1ccccc1. The molecule has 21 heavy (non-hydrogen) atoms. The highest BCUT2D eigenvalue weighted by Gasteiger charge is 2.63. The van der Waals surface area contributed by atoms with Gasteiger partial charge in [-0.25, -0.2) is 4.79 Å². The summed E-state index contributed by atoms with van der Waals surface area (Å²) < 4.78 is 5.64. The number of ether oxygens (including phenoxy) is 1. The summed E-state index contributed by atoms with van der Waals surface area (Å²) in [6.07, 6.45) is 3.04. The second kappa shape index (κ2) is 4.56. The van der Waals surface area contributed by atoms with E-state index in [-0.39, 0.29) is 5.91 Å². The van der Waals surface area contributed by atoms with Crippen LogP contribution >= 0.6 is 0 Å². The smallest absolute Gasteiger partial charge is 0.321 e. The Morgan fingerprint density at radius 3 is 2.57 bits per heavy atom. The lowest BCUT2D eigenvalue weighted by molar-refractivity contribution is 0.0771. The minimum Gasteiger partial charge on any atom is -0.369 e. The van der Waals surface area contributed by atoms with Crippen LogP contribution in [-0.2, 0) is 4.74 Å². The third-order valence-electron chi connectivity index (χ3n) is 5.18. The molecule has 5 nitrogen and oxygen atoms in total. The Kier molecular flexibility index (Phi) is 2.79. The first-order valence-corrected chi connectivity index (χ1v) is 7.47. The van der Waals surface area contributed by atoms with Gasteiger partial charge in [0.1, 0.15) is 0 Å². The number of hydrogen-bond donors (Lipinski definition) is 1. The van der Waals surface area contributed by atoms with Gasteiger partial charge in [0, 0.05) is 12.1 Å². The minimum atomic E-state index is -0.667. The number of epoxide rings is 1. The van der Waals surface area contributed by atoms with Crippen molar-refractivity contribution in [2.24, 2.45) is 23.5 Å². The van der Waals surface area contributed by atoms with E-state index in [1.165, 1.54) is 11.3 Å². The number of nitrogens with two attached hydrogens (primary N) is 1. The van der Waals surface area contributed by atoms with E-state index in [4.69, 9.17) is 10.5 Å². The molecule has 1 aromatic rings. The van der Waals surface area contributed by atoms with E-state index >= 15 is 0 Å². The molecule has 110 valence electrons. The summed E-state index contributed by atoms with van der Waals surface area (Å²) in [6.45, 7) is 0.413. The maximum Gasteiger partial charge on any atom is 0.321 e. The van der Waals surface area contributed by atoms with Crippen LogP contribution in [-0.4, -0.2) is 35.6 Å². The predicted molar refractivity (Wildman–Crippen MR) is 75.4 cm³/mol. The molecule has 0 radical (unpaired) electrons. The average molecular weight is 286 g/mol. The summed E-state index contributed by atoms with van der Waals surface area (Å²) in [6, 6.07) is 8.16. The van der Waals surface area contributed by atoms with Gasteiger partial charge in [-0.15, -0.1) is 0 Å². The number of primary amides is 1. The number of urea groups is 1. The summed E-state index contributed by atoms with van der Waals surface area (Å²) >= 11 is 0. The van der Waals surface area contributed by atoms with Crippen molar-refractivity contribution in [2.75, 3.05) is 6.54 Å². The fourth-order valence-corrected chi connectivity index (χ4v) is 4.19. The highest BCUT2D eigenvalue weighted by atomic mass is 16.6. The standard InChI is InChI=1S/C16H18N2O3/c17-16(20)18(15(19)9-4-2-1-3-5-9)8-11-6-10-7-12(11)14-13(10)21-14/h1-5,10-14H,6-8H2,(H2,17,20). The van der Waals surface area contributed by atoms with Crippen LogP contribution in [0.25, 0.3) is 0 Å². The molecule has 1 heterocycles. The fraction of sp³-hybridized carbons (Fsp3) is 0.500. The predicted octanol–water partition coefficient (Wildman–Crippen LogP) is 1.63. The summed E-state index contributed by atoms with van der Waals surface area (Å²) in [4.78, 5) is 25.4. The van der Waals surface area contributed by atoms with Crippen LogP contribution in [0.5, 0.6) is 0 Å². The van der Waals surface area contributed by atoms with Gasteiger partial charge in [0.05, 0.1) is 12.2 Å². The van der Waals surface area contributed by atoms with Gasteiger partial charge in [0.2, 0.25) is 0 Å². The molecule has 2 N–H and O–H groups in total. The van der Waals surface area contributed by atoms with Gasteiger partial charge in [0.25, 0.3) is 5.91 Å². The number of imide groups is 1. The number of hydrogen-bond acceptors (Lipinski definition) is 3. The van der Waals surface area contributed by atoms with Crippen molar-refractivity contribution < 1.29 is 14.3 Å². The van der Waals surface area contributed by atoms with Gasteiger partial charge in [-0.3, -0.25) is 9.69 Å². The first kappa shape index (κ1) is 12.8. The molecule has 3 fully saturated rings. The third kappa shape index (κ3) is 2.03. The topological polar surface area (TPSA) is 75.9 Å². The van der Waals surface area contributed by atoms with Crippen LogP contribution in [0.4, 0.5) is 4.79 Å². The van der Waals surface area contributed by atoms with Crippen molar-refractivity contribution in [1.29, 1.82) is 0 Å². The van der Waals surface area contributed by atoms with Crippen molar-refractivity contribution in [1.82, 2.24) is 4.90 Å². The second-order valence-corrected chi connectivity index (χ2v) is 6.34. The molecule has 2 bridgehead atoms. The van der Waals surface area contributed by atoms with Crippen LogP contribution in [0.15, 0.2) is 30.3 Å². The largest absolute Gasteiger partial charge is 0.369 e. The van der Waals surface area contributed by atoms with Crippen LogP contribution < -0.4 is 5.73 Å². The Morgan fingerprint density at radius 1 is 1.19 bits per heavy atom. The summed E-state index contributed by atoms with van der Waals surface area (Å²) in [7, 11) is 0. The minimum absolute atomic E-state index is 0.306. The van der Waals surface area contributed by atoms with Crippen LogP contribution in [0, 0.1) is 17.8 Å². The van der Waals surface area contributed by atoms with E-state index in [2.05, 4.69) is 0 Å². The maximum atomic E-state index is 12.5. The van der Waals surface area contributed by atoms with Crippen LogP contribution in [0.3, 0.4) is 0 Å². The quantitative estimate of drug-likeness (QED) is 0.858. The zero-order chi connectivity index (χ0) is 14.6. The van der Waals surface area contributed by atoms with Crippen LogP contribution in [0.1, 0.15) is 23.2 Å². The molecule has 0 spiro atoms. The second-order valence-electron chi connectivity index (χ2n) is 6.34. The Morgan fingerprint density at radius 2 is 1.95 bits per heavy atom. The zero-order valence-electron chi connectivity index (χ0n) is 11.6. The highest BCUT2D eigenvalue weighted by Crippen LogP contribution is 2.58. The summed E-state index contributed by atoms with van der Waals surface area (Å²) in [5.74, 6) is 1.13. The number of benzene rings is 1. The molecule has 2 aliphatic carbocycles. The lowest BCUT2D eigenvalue weighted by atomic mass is 9.88. The lowest BCUT2D eigenvalue weighted by Crippen LogP contribution is -2.44. The van der Waals surface area contributed by atoms with Crippen molar-refractivity contribution in [3.8, 4) is 0 Å². The van der Waals surface area contributed by atoms with E-state index < -0.39 is 6.03 Å². The molecule has 5 unspecified atom stereocenters. The van der Waals surface area contributed by atoms with Crippen molar-refractivity contribution in [3.63, 3.8) is 0 Å². The molecule has 1 aromatic carbocycles. The lowest BCUT2D eigenvalue weighted by Gasteiger charge is -2.26. The van der Waals surface area contributed by atoms with Crippen molar-refractivity contribution in [2.45, 2.75) is 25.0 Å². The molecule has 1 aliphatic heterocycles. The highest BCUT2D eigenvalue weighted by molar-refractivity contribution is 6.03. The Labute approximate surface area is 123 Å². The number of fused-ring (bicyclic) bond motifs is 5. The van der Waals surface area contributed by atoms with Crippen molar-refractivity contribution in [3.05, 3.63) is 35.9 Å². The van der Waals surface area contributed by atoms with E-state index in [1.807, 2.05) is 6.07 Å². The number of amides is 3. The number of carbonyl (C=O) groups excluding carboxylic acids is 2. The van der Waals surface area contributed by atoms with Gasteiger partial charge in [-0.05, 0) is 42.7 Å². The molecule has 4 rings (SSSR count). The number of carbonyl (C=O) groups is 2.